The zero-order chi connectivity index (χ0) is 15.2. The molecule has 1 aromatic heterocycles. The number of carbonyl (C=O) groups excluding carboxylic acids is 1. The van der Waals surface area contributed by atoms with Crippen molar-refractivity contribution in [2.45, 2.75) is 17.9 Å². The molecule has 1 aromatic carbocycles. The second-order valence-electron chi connectivity index (χ2n) is 4.76. The highest BCUT2D eigenvalue weighted by molar-refractivity contribution is 7.99. The molecule has 1 N–H and O–H groups in total. The normalized spacial score (nSPS) is 12.9. The number of fused-ring (bicyclic) bond motifs is 1. The van der Waals surface area contributed by atoms with E-state index in [2.05, 4.69) is 5.32 Å². The molecule has 0 atom stereocenters. The van der Waals surface area contributed by atoms with Crippen LogP contribution < -0.4 is 14.8 Å². The molecule has 1 amide bonds. The highest BCUT2D eigenvalue weighted by Crippen LogP contribution is 2.34. The number of nitrogens with one attached hydrogen (secondary N) is 1. The highest BCUT2D eigenvalue weighted by atomic mass is 32.2. The molecule has 2 aromatic rings. The van der Waals surface area contributed by atoms with Crippen LogP contribution in [0.5, 0.6) is 11.5 Å². The van der Waals surface area contributed by atoms with Crippen LogP contribution in [0, 0.1) is 0 Å². The molecule has 5 nitrogen and oxygen atoms in total. The quantitative estimate of drug-likeness (QED) is 0.830. The minimum absolute atomic E-state index is 0.0152. The molecule has 6 heteroatoms. The Balaban J connectivity index is 1.41. The Hall–Kier alpha value is -2.08. The lowest BCUT2D eigenvalue weighted by Gasteiger charge is -2.18. The van der Waals surface area contributed by atoms with E-state index in [1.807, 2.05) is 24.3 Å². The molecule has 0 bridgehead atoms. The van der Waals surface area contributed by atoms with Crippen molar-refractivity contribution in [2.24, 2.45) is 0 Å². The number of thioether (sulfide) groups is 1. The van der Waals surface area contributed by atoms with Gasteiger partial charge in [0.25, 0.3) is 0 Å². The van der Waals surface area contributed by atoms with Gasteiger partial charge >= 0.3 is 0 Å². The van der Waals surface area contributed by atoms with E-state index in [-0.39, 0.29) is 5.91 Å². The van der Waals surface area contributed by atoms with Gasteiger partial charge in [-0.05, 0) is 30.3 Å². The Morgan fingerprint density at radius 3 is 2.86 bits per heavy atom. The summed E-state index contributed by atoms with van der Waals surface area (Å²) in [6.07, 6.45) is 2.05. The van der Waals surface area contributed by atoms with Gasteiger partial charge in [0.2, 0.25) is 5.91 Å². The van der Waals surface area contributed by atoms with E-state index in [4.69, 9.17) is 13.9 Å². The minimum Gasteiger partial charge on any atom is -0.486 e. The summed E-state index contributed by atoms with van der Waals surface area (Å²) in [7, 11) is 0. The third-order valence-electron chi connectivity index (χ3n) is 3.15. The summed E-state index contributed by atoms with van der Waals surface area (Å²) in [5.74, 6) is 3.04. The first-order valence-electron chi connectivity index (χ1n) is 7.13. The number of ether oxygens (including phenoxy) is 2. The maximum Gasteiger partial charge on any atom is 0.221 e. The summed E-state index contributed by atoms with van der Waals surface area (Å²) >= 11 is 1.63. The van der Waals surface area contributed by atoms with Gasteiger partial charge in [0, 0.05) is 17.1 Å². The van der Waals surface area contributed by atoms with Gasteiger partial charge in [-0.3, -0.25) is 4.79 Å². The van der Waals surface area contributed by atoms with Crippen LogP contribution in [-0.4, -0.2) is 24.9 Å². The largest absolute Gasteiger partial charge is 0.486 e. The molecule has 0 saturated carbocycles. The molecule has 116 valence electrons. The Morgan fingerprint density at radius 1 is 1.18 bits per heavy atom. The van der Waals surface area contributed by atoms with E-state index < -0.39 is 0 Å². The third kappa shape index (κ3) is 3.98. The van der Waals surface area contributed by atoms with Crippen molar-refractivity contribution in [1.82, 2.24) is 5.32 Å². The second-order valence-corrected chi connectivity index (χ2v) is 5.93. The van der Waals surface area contributed by atoms with Crippen LogP contribution >= 0.6 is 11.8 Å². The maximum absolute atomic E-state index is 11.8. The van der Waals surface area contributed by atoms with Crippen molar-refractivity contribution in [3.63, 3.8) is 0 Å². The smallest absolute Gasteiger partial charge is 0.221 e. The zero-order valence-electron chi connectivity index (χ0n) is 12.0. The van der Waals surface area contributed by atoms with Crippen LogP contribution in [0.4, 0.5) is 0 Å². The van der Waals surface area contributed by atoms with Crippen molar-refractivity contribution in [3.05, 3.63) is 42.4 Å². The summed E-state index contributed by atoms with van der Waals surface area (Å²) in [6.45, 7) is 1.60. The predicted octanol–water partition coefficient (Wildman–Crippen LogP) is 2.85. The second kappa shape index (κ2) is 7.26. The van der Waals surface area contributed by atoms with E-state index in [9.17, 15) is 4.79 Å². The first kappa shape index (κ1) is 14.8. The van der Waals surface area contributed by atoms with Gasteiger partial charge in [-0.15, -0.1) is 11.8 Å². The Morgan fingerprint density at radius 2 is 2.05 bits per heavy atom. The van der Waals surface area contributed by atoms with Crippen molar-refractivity contribution in [3.8, 4) is 11.5 Å². The number of rotatable bonds is 6. The van der Waals surface area contributed by atoms with Crippen LogP contribution in [0.15, 0.2) is 45.9 Å². The van der Waals surface area contributed by atoms with Crippen molar-refractivity contribution in [2.75, 3.05) is 19.0 Å². The van der Waals surface area contributed by atoms with Crippen LogP contribution in [0.1, 0.15) is 12.2 Å². The minimum atomic E-state index is 0.0152. The molecule has 0 spiro atoms. The van der Waals surface area contributed by atoms with Gasteiger partial charge in [-0.2, -0.15) is 0 Å². The number of benzene rings is 1. The third-order valence-corrected chi connectivity index (χ3v) is 4.15. The molecule has 0 aliphatic carbocycles. The average molecular weight is 319 g/mol. The van der Waals surface area contributed by atoms with E-state index in [0.717, 1.165) is 22.2 Å². The van der Waals surface area contributed by atoms with Crippen molar-refractivity contribution >= 4 is 17.7 Å². The lowest BCUT2D eigenvalue weighted by Crippen LogP contribution is -2.22. The lowest BCUT2D eigenvalue weighted by molar-refractivity contribution is -0.120. The standard InChI is InChI=1S/C16H17NO4S/c18-16(17-11-12-2-1-6-19-12)5-9-22-13-3-4-14-15(10-13)21-8-7-20-14/h1-4,6,10H,5,7-9,11H2,(H,17,18). The van der Waals surface area contributed by atoms with Gasteiger partial charge in [0.15, 0.2) is 11.5 Å². The molecule has 0 unspecified atom stereocenters. The Kier molecular flexibility index (Phi) is 4.90. The molecule has 0 radical (unpaired) electrons. The van der Waals surface area contributed by atoms with Gasteiger partial charge in [0.05, 0.1) is 12.8 Å². The topological polar surface area (TPSA) is 60.7 Å². The molecule has 3 rings (SSSR count). The van der Waals surface area contributed by atoms with Gasteiger partial charge in [-0.25, -0.2) is 0 Å². The number of furan rings is 1. The number of amides is 1. The van der Waals surface area contributed by atoms with Gasteiger partial charge in [-0.1, -0.05) is 0 Å². The molecule has 22 heavy (non-hydrogen) atoms. The number of hydrogen-bond donors (Lipinski definition) is 1. The van der Waals surface area contributed by atoms with Crippen LogP contribution in [-0.2, 0) is 11.3 Å². The zero-order valence-corrected chi connectivity index (χ0v) is 12.9. The first-order valence-corrected chi connectivity index (χ1v) is 8.11. The van der Waals surface area contributed by atoms with Gasteiger partial charge < -0.3 is 19.2 Å². The summed E-state index contributed by atoms with van der Waals surface area (Å²) < 4.78 is 16.2. The SMILES string of the molecule is O=C(CCSc1ccc2c(c1)OCCO2)NCc1ccco1. The van der Waals surface area contributed by atoms with E-state index in [0.29, 0.717) is 31.9 Å². The van der Waals surface area contributed by atoms with Gasteiger partial charge in [0.1, 0.15) is 19.0 Å². The molecular weight excluding hydrogens is 302 g/mol. The first-order chi connectivity index (χ1) is 10.8. The molecule has 1 aliphatic heterocycles. The van der Waals surface area contributed by atoms with Crippen molar-refractivity contribution in [1.29, 1.82) is 0 Å². The van der Waals surface area contributed by atoms with Crippen molar-refractivity contribution < 1.29 is 18.7 Å². The Labute approximate surface area is 133 Å². The molecule has 2 heterocycles. The van der Waals surface area contributed by atoms with Crippen LogP contribution in [0.2, 0.25) is 0 Å². The summed E-state index contributed by atoms with van der Waals surface area (Å²) in [5, 5.41) is 2.83. The fourth-order valence-corrected chi connectivity index (χ4v) is 2.94. The number of carbonyl (C=O) groups is 1. The molecule has 0 fully saturated rings. The molecule has 0 saturated heterocycles. The van der Waals surface area contributed by atoms with Crippen LogP contribution in [0.3, 0.4) is 0 Å². The summed E-state index contributed by atoms with van der Waals surface area (Å²) in [5.41, 5.74) is 0. The fraction of sp³-hybridized carbons (Fsp3) is 0.312. The average Bonchev–Trinajstić information content (AvgIpc) is 3.06. The monoisotopic (exact) mass is 319 g/mol. The predicted molar refractivity (Wildman–Crippen MR) is 83.3 cm³/mol. The molecular formula is C16H17NO4S. The molecule has 1 aliphatic rings. The van der Waals surface area contributed by atoms with E-state index in [1.165, 1.54) is 0 Å². The summed E-state index contributed by atoms with van der Waals surface area (Å²) in [6, 6.07) is 9.50. The Bertz CT molecular complexity index is 627. The maximum atomic E-state index is 11.8. The van der Waals surface area contributed by atoms with Crippen LogP contribution in [0.25, 0.3) is 0 Å². The number of hydrogen-bond acceptors (Lipinski definition) is 5. The summed E-state index contributed by atoms with van der Waals surface area (Å²) in [4.78, 5) is 12.8. The highest BCUT2D eigenvalue weighted by Gasteiger charge is 2.12. The van der Waals surface area contributed by atoms with E-state index in [1.54, 1.807) is 24.1 Å². The lowest BCUT2D eigenvalue weighted by atomic mass is 10.3. The fourth-order valence-electron chi connectivity index (χ4n) is 2.06. The van der Waals surface area contributed by atoms with E-state index >= 15 is 0 Å².